The first kappa shape index (κ1) is 8.55. The lowest BCUT2D eigenvalue weighted by Gasteiger charge is -2.22. The zero-order valence-electron chi connectivity index (χ0n) is 8.59. The van der Waals surface area contributed by atoms with E-state index in [1.54, 1.807) is 0 Å². The monoisotopic (exact) mass is 167 g/mol. The van der Waals surface area contributed by atoms with E-state index in [-0.39, 0.29) is 0 Å². The molecule has 1 nitrogen and oxygen atoms in total. The van der Waals surface area contributed by atoms with E-state index < -0.39 is 0 Å². The first-order chi connectivity index (χ1) is 5.68. The second-order valence-electron chi connectivity index (χ2n) is 5.08. The van der Waals surface area contributed by atoms with E-state index in [2.05, 4.69) is 25.8 Å². The van der Waals surface area contributed by atoms with Crippen molar-refractivity contribution < 1.29 is 0 Å². The Balaban J connectivity index is 1.92. The Kier molecular flexibility index (Phi) is 2.16. The Morgan fingerprint density at radius 3 is 2.25 bits per heavy atom. The topological polar surface area (TPSA) is 3.24 Å². The van der Waals surface area contributed by atoms with Gasteiger partial charge in [-0.15, -0.1) is 0 Å². The highest BCUT2D eigenvalue weighted by atomic mass is 15.2. The van der Waals surface area contributed by atoms with Crippen LogP contribution in [0.5, 0.6) is 0 Å². The summed E-state index contributed by atoms with van der Waals surface area (Å²) in [6.45, 7) is 6.08. The van der Waals surface area contributed by atoms with Crippen molar-refractivity contribution in [1.29, 1.82) is 0 Å². The van der Waals surface area contributed by atoms with Gasteiger partial charge in [-0.25, -0.2) is 0 Å². The van der Waals surface area contributed by atoms with Gasteiger partial charge in [0.1, 0.15) is 0 Å². The molecule has 1 saturated heterocycles. The molecule has 0 aromatic rings. The van der Waals surface area contributed by atoms with Crippen molar-refractivity contribution in [3.05, 3.63) is 0 Å². The molecular weight excluding hydrogens is 146 g/mol. The summed E-state index contributed by atoms with van der Waals surface area (Å²) in [5.41, 5.74) is 0. The quantitative estimate of drug-likeness (QED) is 0.610. The van der Waals surface area contributed by atoms with Gasteiger partial charge in [0.25, 0.3) is 0 Å². The van der Waals surface area contributed by atoms with Crippen LogP contribution in [0.25, 0.3) is 0 Å². The number of hydrogen-bond donors (Lipinski definition) is 0. The molecule has 0 bridgehead atoms. The lowest BCUT2D eigenvalue weighted by atomic mass is 9.95. The maximum Gasteiger partial charge on any atom is 0.0118 e. The first-order valence-electron chi connectivity index (χ1n) is 5.38. The van der Waals surface area contributed by atoms with Crippen molar-refractivity contribution >= 4 is 0 Å². The van der Waals surface area contributed by atoms with Crippen molar-refractivity contribution in [2.45, 2.75) is 39.2 Å². The van der Waals surface area contributed by atoms with Gasteiger partial charge in [0.15, 0.2) is 0 Å². The average molecular weight is 167 g/mol. The summed E-state index contributed by atoms with van der Waals surface area (Å²) in [6.07, 6.45) is 4.51. The Bertz CT molecular complexity index is 160. The van der Waals surface area contributed by atoms with E-state index in [0.29, 0.717) is 0 Å². The zero-order valence-corrected chi connectivity index (χ0v) is 8.59. The van der Waals surface area contributed by atoms with Crippen LogP contribution in [0.15, 0.2) is 0 Å². The number of rotatable bonds is 2. The minimum Gasteiger partial charge on any atom is -0.303 e. The number of nitrogens with zero attached hydrogens (tertiary/aromatic N) is 1. The third-order valence-corrected chi connectivity index (χ3v) is 3.69. The molecule has 12 heavy (non-hydrogen) atoms. The second-order valence-corrected chi connectivity index (χ2v) is 5.08. The molecule has 2 fully saturated rings. The van der Waals surface area contributed by atoms with Crippen LogP contribution in [0.3, 0.4) is 0 Å². The molecule has 1 aliphatic heterocycles. The summed E-state index contributed by atoms with van der Waals surface area (Å²) in [4.78, 5) is 2.58. The molecule has 0 amide bonds. The normalized spacial score (nSPS) is 38.0. The van der Waals surface area contributed by atoms with Crippen molar-refractivity contribution in [2.75, 3.05) is 13.6 Å². The van der Waals surface area contributed by atoms with Gasteiger partial charge in [0.05, 0.1) is 0 Å². The molecule has 0 spiro atoms. The van der Waals surface area contributed by atoms with E-state index in [1.165, 1.54) is 25.8 Å². The standard InChI is InChI=1S/C11H21N/c1-8(2)11-6-10(7-12(11)3)9-4-5-9/h8-11H,4-7H2,1-3H3/t10-,11?/m0/s1. The molecule has 2 atom stereocenters. The number of hydrogen-bond acceptors (Lipinski definition) is 1. The fourth-order valence-electron chi connectivity index (χ4n) is 2.76. The second kappa shape index (κ2) is 3.02. The molecule has 2 aliphatic rings. The minimum atomic E-state index is 0.846. The van der Waals surface area contributed by atoms with Crippen LogP contribution in [-0.4, -0.2) is 24.5 Å². The van der Waals surface area contributed by atoms with Crippen molar-refractivity contribution in [2.24, 2.45) is 17.8 Å². The smallest absolute Gasteiger partial charge is 0.0118 e. The molecule has 1 heteroatoms. The highest BCUT2D eigenvalue weighted by Crippen LogP contribution is 2.43. The van der Waals surface area contributed by atoms with Crippen molar-refractivity contribution in [1.82, 2.24) is 4.90 Å². The predicted molar refractivity (Wildman–Crippen MR) is 52.1 cm³/mol. The Hall–Kier alpha value is -0.0400. The van der Waals surface area contributed by atoms with Gasteiger partial charge in [0, 0.05) is 12.6 Å². The molecule has 70 valence electrons. The maximum atomic E-state index is 2.58. The summed E-state index contributed by atoms with van der Waals surface area (Å²) < 4.78 is 0. The van der Waals surface area contributed by atoms with Gasteiger partial charge in [-0.3, -0.25) is 0 Å². The molecule has 2 rings (SSSR count). The Morgan fingerprint density at radius 1 is 1.17 bits per heavy atom. The Labute approximate surface area is 76.1 Å². The van der Waals surface area contributed by atoms with Crippen LogP contribution in [0.2, 0.25) is 0 Å². The summed E-state index contributed by atoms with van der Waals surface area (Å²) in [7, 11) is 2.30. The third kappa shape index (κ3) is 1.52. The van der Waals surface area contributed by atoms with Gasteiger partial charge >= 0.3 is 0 Å². The number of likely N-dealkylation sites (tertiary alicyclic amines) is 1. The van der Waals surface area contributed by atoms with Crippen LogP contribution >= 0.6 is 0 Å². The first-order valence-corrected chi connectivity index (χ1v) is 5.38. The van der Waals surface area contributed by atoms with Crippen LogP contribution in [-0.2, 0) is 0 Å². The summed E-state index contributed by atoms with van der Waals surface area (Å²) in [6, 6.07) is 0.871. The average Bonchev–Trinajstić information content (AvgIpc) is 2.75. The third-order valence-electron chi connectivity index (χ3n) is 3.69. The highest BCUT2D eigenvalue weighted by Gasteiger charge is 2.39. The van der Waals surface area contributed by atoms with E-state index in [0.717, 1.165) is 23.8 Å². The van der Waals surface area contributed by atoms with Gasteiger partial charge in [-0.2, -0.15) is 0 Å². The summed E-state index contributed by atoms with van der Waals surface area (Å²) in [5, 5.41) is 0. The van der Waals surface area contributed by atoms with E-state index in [1.807, 2.05) is 0 Å². The van der Waals surface area contributed by atoms with Crippen LogP contribution in [0.1, 0.15) is 33.1 Å². The van der Waals surface area contributed by atoms with Gasteiger partial charge in [0.2, 0.25) is 0 Å². The van der Waals surface area contributed by atoms with Gasteiger partial charge in [-0.1, -0.05) is 13.8 Å². The highest BCUT2D eigenvalue weighted by molar-refractivity contribution is 4.92. The maximum absolute atomic E-state index is 2.58. The fourth-order valence-corrected chi connectivity index (χ4v) is 2.76. The van der Waals surface area contributed by atoms with E-state index in [9.17, 15) is 0 Å². The lowest BCUT2D eigenvalue weighted by Crippen LogP contribution is -2.29. The molecular formula is C11H21N. The molecule has 0 radical (unpaired) electrons. The molecule has 1 saturated carbocycles. The molecule has 1 aliphatic carbocycles. The lowest BCUT2D eigenvalue weighted by molar-refractivity contribution is 0.249. The van der Waals surface area contributed by atoms with E-state index in [4.69, 9.17) is 0 Å². The predicted octanol–water partition coefficient (Wildman–Crippen LogP) is 2.37. The van der Waals surface area contributed by atoms with Crippen molar-refractivity contribution in [3.8, 4) is 0 Å². The fraction of sp³-hybridized carbons (Fsp3) is 1.00. The molecule has 0 N–H and O–H groups in total. The van der Waals surface area contributed by atoms with Crippen LogP contribution in [0, 0.1) is 17.8 Å². The Morgan fingerprint density at radius 2 is 1.83 bits per heavy atom. The largest absolute Gasteiger partial charge is 0.303 e. The van der Waals surface area contributed by atoms with E-state index >= 15 is 0 Å². The van der Waals surface area contributed by atoms with Crippen LogP contribution in [0.4, 0.5) is 0 Å². The molecule has 0 aromatic heterocycles. The summed E-state index contributed by atoms with van der Waals surface area (Å²) in [5.74, 6) is 3.00. The molecule has 1 unspecified atom stereocenters. The van der Waals surface area contributed by atoms with Gasteiger partial charge < -0.3 is 4.90 Å². The summed E-state index contributed by atoms with van der Waals surface area (Å²) >= 11 is 0. The minimum absolute atomic E-state index is 0.846. The van der Waals surface area contributed by atoms with Gasteiger partial charge in [-0.05, 0) is 44.1 Å². The molecule has 0 aromatic carbocycles. The SMILES string of the molecule is CC(C)C1C[C@H](C2CC2)CN1C. The molecule has 1 heterocycles. The zero-order chi connectivity index (χ0) is 8.72. The van der Waals surface area contributed by atoms with Crippen LogP contribution < -0.4 is 0 Å². The van der Waals surface area contributed by atoms with Crippen molar-refractivity contribution in [3.63, 3.8) is 0 Å².